The molecule has 3 aromatic carbocycles. The van der Waals surface area contributed by atoms with E-state index >= 15 is 0 Å². The number of carbonyl (C=O) groups is 4. The summed E-state index contributed by atoms with van der Waals surface area (Å²) in [5.74, 6) is -1.11. The van der Waals surface area contributed by atoms with E-state index in [1.807, 2.05) is 0 Å². The lowest BCUT2D eigenvalue weighted by atomic mass is 10.2. The number of ether oxygens (including phenoxy) is 4. The predicted octanol–water partition coefficient (Wildman–Crippen LogP) is 3.29. The lowest BCUT2D eigenvalue weighted by Gasteiger charge is -2.09. The first-order valence-corrected chi connectivity index (χ1v) is 10.7. The number of amides is 2. The van der Waals surface area contributed by atoms with E-state index in [1.54, 1.807) is 24.3 Å². The Bertz CT molecular complexity index is 1220. The second kappa shape index (κ2) is 12.6. The molecule has 10 heteroatoms. The SMILES string of the molecule is COC(=O)c1ccc(NC(=O)COC(=O)c2ccc(OCC(=O)Nc3cccc(OC)c3)cc2)cc1. The monoisotopic (exact) mass is 492 g/mol. The molecule has 0 fully saturated rings. The highest BCUT2D eigenvalue weighted by molar-refractivity contribution is 5.96. The highest BCUT2D eigenvalue weighted by Gasteiger charge is 2.12. The molecule has 0 saturated carbocycles. The van der Waals surface area contributed by atoms with Gasteiger partial charge in [0.2, 0.25) is 0 Å². The van der Waals surface area contributed by atoms with Crippen molar-refractivity contribution in [2.45, 2.75) is 0 Å². The van der Waals surface area contributed by atoms with Crippen LogP contribution in [0.3, 0.4) is 0 Å². The van der Waals surface area contributed by atoms with E-state index in [0.29, 0.717) is 28.4 Å². The van der Waals surface area contributed by atoms with Crippen molar-refractivity contribution in [3.8, 4) is 11.5 Å². The van der Waals surface area contributed by atoms with Gasteiger partial charge in [-0.1, -0.05) is 6.07 Å². The topological polar surface area (TPSA) is 129 Å². The second-order valence-corrected chi connectivity index (χ2v) is 7.29. The van der Waals surface area contributed by atoms with Crippen LogP contribution in [0.4, 0.5) is 11.4 Å². The molecule has 0 atom stereocenters. The minimum absolute atomic E-state index is 0.207. The standard InChI is InChI=1S/C26H24N2O8/c1-33-22-5-3-4-20(14-22)28-23(29)15-35-21-12-8-18(9-13-21)26(32)36-16-24(30)27-19-10-6-17(7-11-19)25(31)34-2/h3-14H,15-16H2,1-2H3,(H,27,30)(H,28,29). The Morgan fingerprint density at radius 1 is 0.667 bits per heavy atom. The van der Waals surface area contributed by atoms with Crippen molar-refractivity contribution in [3.63, 3.8) is 0 Å². The molecular weight excluding hydrogens is 468 g/mol. The van der Waals surface area contributed by atoms with Gasteiger partial charge in [0, 0.05) is 17.4 Å². The molecular formula is C26H24N2O8. The third-order valence-electron chi connectivity index (χ3n) is 4.74. The zero-order valence-corrected chi connectivity index (χ0v) is 19.6. The van der Waals surface area contributed by atoms with E-state index < -0.39 is 24.5 Å². The smallest absolute Gasteiger partial charge is 0.338 e. The molecule has 10 nitrogen and oxygen atoms in total. The molecule has 186 valence electrons. The largest absolute Gasteiger partial charge is 0.497 e. The maximum Gasteiger partial charge on any atom is 0.338 e. The van der Waals surface area contributed by atoms with Crippen LogP contribution in [-0.2, 0) is 19.1 Å². The van der Waals surface area contributed by atoms with Crippen molar-refractivity contribution in [2.75, 3.05) is 38.1 Å². The summed E-state index contributed by atoms with van der Waals surface area (Å²) in [7, 11) is 2.81. The van der Waals surface area contributed by atoms with Crippen LogP contribution >= 0.6 is 0 Å². The van der Waals surface area contributed by atoms with Gasteiger partial charge in [-0.25, -0.2) is 9.59 Å². The summed E-state index contributed by atoms with van der Waals surface area (Å²) in [6, 6.07) is 18.9. The average Bonchev–Trinajstić information content (AvgIpc) is 2.91. The van der Waals surface area contributed by atoms with Gasteiger partial charge in [-0.05, 0) is 60.7 Å². The quantitative estimate of drug-likeness (QED) is 0.413. The van der Waals surface area contributed by atoms with Gasteiger partial charge in [-0.2, -0.15) is 0 Å². The van der Waals surface area contributed by atoms with Crippen LogP contribution in [-0.4, -0.2) is 51.2 Å². The average molecular weight is 492 g/mol. The van der Waals surface area contributed by atoms with Gasteiger partial charge in [-0.3, -0.25) is 9.59 Å². The summed E-state index contributed by atoms with van der Waals surface area (Å²) in [6.07, 6.45) is 0. The van der Waals surface area contributed by atoms with E-state index in [-0.39, 0.29) is 18.1 Å². The Balaban J connectivity index is 1.42. The van der Waals surface area contributed by atoms with Crippen molar-refractivity contribution in [3.05, 3.63) is 83.9 Å². The molecule has 0 saturated heterocycles. The van der Waals surface area contributed by atoms with Gasteiger partial charge >= 0.3 is 11.9 Å². The van der Waals surface area contributed by atoms with Gasteiger partial charge < -0.3 is 29.6 Å². The lowest BCUT2D eigenvalue weighted by Crippen LogP contribution is -2.21. The Morgan fingerprint density at radius 3 is 1.94 bits per heavy atom. The lowest BCUT2D eigenvalue weighted by molar-refractivity contribution is -0.119. The fourth-order valence-electron chi connectivity index (χ4n) is 2.95. The molecule has 0 aliphatic heterocycles. The zero-order valence-electron chi connectivity index (χ0n) is 19.6. The molecule has 0 heterocycles. The normalized spacial score (nSPS) is 10.1. The van der Waals surface area contributed by atoms with E-state index in [1.165, 1.54) is 62.8 Å². The number of benzene rings is 3. The molecule has 0 radical (unpaired) electrons. The maximum absolute atomic E-state index is 12.2. The Morgan fingerprint density at radius 2 is 1.28 bits per heavy atom. The Labute approximate surface area is 207 Å². The molecule has 0 aliphatic carbocycles. The molecule has 0 unspecified atom stereocenters. The first-order chi connectivity index (χ1) is 17.4. The summed E-state index contributed by atoms with van der Waals surface area (Å²) in [5, 5.41) is 5.25. The van der Waals surface area contributed by atoms with Crippen LogP contribution in [0.5, 0.6) is 11.5 Å². The first kappa shape index (κ1) is 25.8. The highest BCUT2D eigenvalue weighted by atomic mass is 16.5. The van der Waals surface area contributed by atoms with Crippen LogP contribution in [0.25, 0.3) is 0 Å². The molecule has 2 N–H and O–H groups in total. The van der Waals surface area contributed by atoms with Crippen molar-refractivity contribution in [1.82, 2.24) is 0 Å². The predicted molar refractivity (Wildman–Crippen MR) is 130 cm³/mol. The number of carbonyl (C=O) groups excluding carboxylic acids is 4. The van der Waals surface area contributed by atoms with Crippen molar-refractivity contribution in [1.29, 1.82) is 0 Å². The second-order valence-electron chi connectivity index (χ2n) is 7.29. The number of nitrogens with one attached hydrogen (secondary N) is 2. The molecule has 3 aromatic rings. The van der Waals surface area contributed by atoms with Gasteiger partial charge in [0.1, 0.15) is 11.5 Å². The van der Waals surface area contributed by atoms with Crippen molar-refractivity contribution >= 4 is 35.1 Å². The van der Waals surface area contributed by atoms with Crippen LogP contribution in [0, 0.1) is 0 Å². The van der Waals surface area contributed by atoms with Crippen molar-refractivity contribution < 1.29 is 38.1 Å². The number of anilines is 2. The van der Waals surface area contributed by atoms with E-state index in [4.69, 9.17) is 14.2 Å². The van der Waals surface area contributed by atoms with Crippen LogP contribution in [0.2, 0.25) is 0 Å². The van der Waals surface area contributed by atoms with Crippen LogP contribution < -0.4 is 20.1 Å². The fourth-order valence-corrected chi connectivity index (χ4v) is 2.95. The third kappa shape index (κ3) is 7.59. The summed E-state index contributed by atoms with van der Waals surface area (Å²) in [6.45, 7) is -0.734. The number of esters is 2. The van der Waals surface area contributed by atoms with E-state index in [2.05, 4.69) is 15.4 Å². The molecule has 3 rings (SSSR count). The van der Waals surface area contributed by atoms with E-state index in [0.717, 1.165) is 0 Å². The van der Waals surface area contributed by atoms with Gasteiger partial charge in [0.25, 0.3) is 11.8 Å². The fraction of sp³-hybridized carbons (Fsp3) is 0.154. The maximum atomic E-state index is 12.2. The molecule has 36 heavy (non-hydrogen) atoms. The Hall–Kier alpha value is -4.86. The van der Waals surface area contributed by atoms with Crippen LogP contribution in [0.1, 0.15) is 20.7 Å². The van der Waals surface area contributed by atoms with Crippen LogP contribution in [0.15, 0.2) is 72.8 Å². The minimum atomic E-state index is -0.700. The van der Waals surface area contributed by atoms with Gasteiger partial charge in [0.15, 0.2) is 13.2 Å². The van der Waals surface area contributed by atoms with E-state index in [9.17, 15) is 19.2 Å². The van der Waals surface area contributed by atoms with Gasteiger partial charge in [-0.15, -0.1) is 0 Å². The summed E-state index contributed by atoms with van der Waals surface area (Å²) < 4.78 is 20.2. The van der Waals surface area contributed by atoms with Gasteiger partial charge in [0.05, 0.1) is 25.3 Å². The highest BCUT2D eigenvalue weighted by Crippen LogP contribution is 2.17. The molecule has 0 aliphatic rings. The Kier molecular flexibility index (Phi) is 8.99. The molecule has 0 bridgehead atoms. The number of methoxy groups -OCH3 is 2. The summed E-state index contributed by atoms with van der Waals surface area (Å²) in [4.78, 5) is 47.8. The minimum Gasteiger partial charge on any atom is -0.497 e. The number of hydrogen-bond donors (Lipinski definition) is 2. The molecule has 0 aromatic heterocycles. The molecule has 0 spiro atoms. The summed E-state index contributed by atoms with van der Waals surface area (Å²) >= 11 is 0. The first-order valence-electron chi connectivity index (χ1n) is 10.7. The third-order valence-corrected chi connectivity index (χ3v) is 4.74. The van der Waals surface area contributed by atoms with Crippen molar-refractivity contribution in [2.24, 2.45) is 0 Å². The zero-order chi connectivity index (χ0) is 25.9. The summed E-state index contributed by atoms with van der Waals surface area (Å²) in [5.41, 5.74) is 1.55. The molecule has 2 amide bonds. The number of rotatable bonds is 10. The number of hydrogen-bond acceptors (Lipinski definition) is 8.